The minimum absolute atomic E-state index is 0.0487. The molecule has 1 heterocycles. The average molecular weight is 1220 g/mol. The number of phenols is 1. The Morgan fingerprint density at radius 3 is 1.98 bits per heavy atom. The lowest BCUT2D eigenvalue weighted by molar-refractivity contribution is -0.134. The summed E-state index contributed by atoms with van der Waals surface area (Å²) in [5.41, 5.74) is 6.11. The second-order valence-corrected chi connectivity index (χ2v) is 23.9. The number of rotatable bonds is 36. The minimum Gasteiger partial charge on any atom is -0.508 e. The summed E-state index contributed by atoms with van der Waals surface area (Å²) < 4.78 is 11.3. The molecule has 2 aromatic rings. The number of carbonyl (C=O) groups excluding carboxylic acids is 6. The van der Waals surface area contributed by atoms with E-state index in [1.54, 1.807) is 45.0 Å². The molecular weight excluding hydrogens is 1120 g/mol. The maximum Gasteiger partial charge on any atom is 0.407 e. The van der Waals surface area contributed by atoms with E-state index >= 15 is 0 Å². The number of nitrogens with one attached hydrogen (secondary N) is 9. The molecule has 13 N–H and O–H groups in total. The number of anilines is 1. The zero-order valence-corrected chi connectivity index (χ0v) is 52.5. The highest BCUT2D eigenvalue weighted by Gasteiger charge is 2.32. The molecule has 0 bridgehead atoms. The van der Waals surface area contributed by atoms with Crippen LogP contribution in [0.3, 0.4) is 0 Å². The lowest BCUT2D eigenvalue weighted by Crippen LogP contribution is -2.58. The van der Waals surface area contributed by atoms with Gasteiger partial charge in [0.1, 0.15) is 46.9 Å². The zero-order valence-electron chi connectivity index (χ0n) is 51.7. The van der Waals surface area contributed by atoms with Gasteiger partial charge in [0.05, 0.1) is 5.56 Å². The maximum absolute atomic E-state index is 14.2. The third-order valence-electron chi connectivity index (χ3n) is 14.5. The van der Waals surface area contributed by atoms with E-state index in [0.717, 1.165) is 64.3 Å². The highest BCUT2D eigenvalue weighted by atomic mass is 32.1. The number of hydrogen-bond donors (Lipinski definition) is 12. The van der Waals surface area contributed by atoms with Crippen LogP contribution < -0.4 is 59.0 Å². The number of fused-ring (bicyclic) bond motifs is 2. The molecule has 0 spiro atoms. The van der Waals surface area contributed by atoms with Crippen LogP contribution in [0.1, 0.15) is 169 Å². The molecule has 23 heteroatoms. The van der Waals surface area contributed by atoms with Crippen LogP contribution in [-0.2, 0) is 28.7 Å². The number of benzene rings is 3. The fraction of sp³-hybridized carbons (Fsp3) is 0.571. The number of unbranched alkanes of at least 4 members (excludes halogenated alkanes) is 4. The van der Waals surface area contributed by atoms with E-state index < -0.39 is 65.5 Å². The van der Waals surface area contributed by atoms with Gasteiger partial charge in [-0.05, 0) is 172 Å². The van der Waals surface area contributed by atoms with Crippen LogP contribution in [0.5, 0.6) is 5.75 Å². The second-order valence-electron chi connectivity index (χ2n) is 23.5. The van der Waals surface area contributed by atoms with Crippen molar-refractivity contribution in [3.8, 4) is 28.2 Å². The van der Waals surface area contributed by atoms with Gasteiger partial charge in [0, 0.05) is 65.9 Å². The maximum atomic E-state index is 14.2. The molecule has 0 aromatic heterocycles. The number of aromatic carboxylic acids is 1. The first kappa shape index (κ1) is 71.1. The molecular formula is C63H94N10O12S. The van der Waals surface area contributed by atoms with Crippen LogP contribution >= 0.6 is 12.2 Å². The lowest BCUT2D eigenvalue weighted by atomic mass is 9.82. The monoisotopic (exact) mass is 1210 g/mol. The predicted octanol–water partition coefficient (Wildman–Crippen LogP) is 7.71. The van der Waals surface area contributed by atoms with Gasteiger partial charge in [-0.1, -0.05) is 59.4 Å². The fourth-order valence-corrected chi connectivity index (χ4v) is 10.2. The summed E-state index contributed by atoms with van der Waals surface area (Å²) in [4.78, 5) is 106. The molecule has 0 saturated heterocycles. The summed E-state index contributed by atoms with van der Waals surface area (Å²) >= 11 is 5.58. The smallest absolute Gasteiger partial charge is 0.407 e. The number of nitrogens with two attached hydrogens (primary N) is 1. The van der Waals surface area contributed by atoms with Gasteiger partial charge >= 0.3 is 12.1 Å². The van der Waals surface area contributed by atoms with E-state index in [-0.39, 0.29) is 87.7 Å². The molecule has 1 aliphatic heterocycles. The Labute approximate surface area is 511 Å². The summed E-state index contributed by atoms with van der Waals surface area (Å²) in [6.45, 7) is 18.7. The number of thiocarbonyl (C=S) groups is 1. The van der Waals surface area contributed by atoms with E-state index in [4.69, 9.17) is 27.1 Å². The normalized spacial score (nSPS) is 13.0. The Hall–Kier alpha value is -7.37. The van der Waals surface area contributed by atoms with Gasteiger partial charge in [-0.2, -0.15) is 0 Å². The first-order valence-electron chi connectivity index (χ1n) is 30.3. The van der Waals surface area contributed by atoms with E-state index in [2.05, 4.69) is 61.7 Å². The molecule has 4 rings (SSSR count). The van der Waals surface area contributed by atoms with Crippen molar-refractivity contribution >= 4 is 75.6 Å². The van der Waals surface area contributed by atoms with Crippen molar-refractivity contribution in [2.45, 2.75) is 194 Å². The van der Waals surface area contributed by atoms with Gasteiger partial charge in [-0.3, -0.25) is 28.8 Å². The van der Waals surface area contributed by atoms with Gasteiger partial charge in [0.2, 0.25) is 29.5 Å². The SMILES string of the molecule is CCCCC(CCCC)(CCC(=O)NCCCNC(=O)[C@H](C)NC(=O)[C@H](CC(C)C)NC(=O)[C@H](CCCCNC(=O)OC(C)(C)C)NC(=O)[C@H](C)NC(=S)Nc1ccc(-c2c3ccc(=O)cc-3oc3cc(O)ccc23)c(C(=O)O)c1)NCCCCN. The molecule has 0 radical (unpaired) electrons. The number of ether oxygens (including phenoxy) is 1. The molecule has 1 aliphatic carbocycles. The summed E-state index contributed by atoms with van der Waals surface area (Å²) in [5.74, 6) is -3.70. The van der Waals surface area contributed by atoms with Crippen molar-refractivity contribution in [2.24, 2.45) is 11.7 Å². The molecule has 0 fully saturated rings. The van der Waals surface area contributed by atoms with E-state index in [0.29, 0.717) is 55.3 Å². The Balaban J connectivity index is 1.39. The molecule has 474 valence electrons. The Morgan fingerprint density at radius 1 is 0.674 bits per heavy atom. The molecule has 6 amide bonds. The van der Waals surface area contributed by atoms with Crippen LogP contribution in [0.15, 0.2) is 63.8 Å². The molecule has 2 aromatic carbocycles. The lowest BCUT2D eigenvalue weighted by Gasteiger charge is -2.36. The van der Waals surface area contributed by atoms with Gasteiger partial charge < -0.3 is 73.0 Å². The largest absolute Gasteiger partial charge is 0.508 e. The van der Waals surface area contributed by atoms with Gasteiger partial charge in [0.15, 0.2) is 10.5 Å². The van der Waals surface area contributed by atoms with E-state index in [1.807, 2.05) is 13.8 Å². The summed E-state index contributed by atoms with van der Waals surface area (Å²) in [6, 6.07) is 8.74. The van der Waals surface area contributed by atoms with Crippen molar-refractivity contribution in [3.63, 3.8) is 0 Å². The van der Waals surface area contributed by atoms with Crippen LogP contribution in [0.25, 0.3) is 33.4 Å². The molecule has 0 saturated carbocycles. The number of phenolic OH excluding ortho intramolecular Hbond substituents is 1. The zero-order chi connectivity index (χ0) is 63.6. The number of carboxylic acid groups (broad SMARTS) is 1. The number of amides is 6. The third kappa shape index (κ3) is 23.8. The highest BCUT2D eigenvalue weighted by Crippen LogP contribution is 2.42. The first-order chi connectivity index (χ1) is 40.8. The number of aromatic hydroxyl groups is 1. The number of hydrogen-bond acceptors (Lipinski definition) is 14. The minimum atomic E-state index is -1.28. The number of carboxylic acids is 1. The summed E-state index contributed by atoms with van der Waals surface area (Å²) in [7, 11) is 0. The van der Waals surface area contributed by atoms with E-state index in [1.165, 1.54) is 44.2 Å². The number of carbonyl (C=O) groups is 7. The van der Waals surface area contributed by atoms with Crippen molar-refractivity contribution in [1.29, 1.82) is 0 Å². The van der Waals surface area contributed by atoms with Crippen molar-refractivity contribution in [3.05, 3.63) is 70.4 Å². The van der Waals surface area contributed by atoms with Gasteiger partial charge in [0.25, 0.3) is 0 Å². The Bertz CT molecular complexity index is 2940. The molecule has 86 heavy (non-hydrogen) atoms. The van der Waals surface area contributed by atoms with Crippen LogP contribution in [0, 0.1) is 5.92 Å². The van der Waals surface area contributed by atoms with Crippen LogP contribution in [0.4, 0.5) is 10.5 Å². The fourth-order valence-electron chi connectivity index (χ4n) is 9.91. The quantitative estimate of drug-likeness (QED) is 0.0118. The molecule has 0 unspecified atom stereocenters. The summed E-state index contributed by atoms with van der Waals surface area (Å²) in [6.07, 6.45) is 10.2. The third-order valence-corrected chi connectivity index (χ3v) is 14.7. The summed E-state index contributed by atoms with van der Waals surface area (Å²) in [5, 5.41) is 47.5. The van der Waals surface area contributed by atoms with Crippen molar-refractivity contribution in [2.75, 3.05) is 38.0 Å². The average Bonchev–Trinajstić information content (AvgIpc) is 0.823. The molecule has 22 nitrogen and oxygen atoms in total. The highest BCUT2D eigenvalue weighted by molar-refractivity contribution is 7.80. The first-order valence-corrected chi connectivity index (χ1v) is 30.7. The van der Waals surface area contributed by atoms with Crippen LogP contribution in [0.2, 0.25) is 0 Å². The van der Waals surface area contributed by atoms with E-state index in [9.17, 15) is 48.6 Å². The number of alkyl carbamates (subject to hydrolysis) is 1. The van der Waals surface area contributed by atoms with Crippen molar-refractivity contribution in [1.82, 2.24) is 42.5 Å². The van der Waals surface area contributed by atoms with Crippen LogP contribution in [-0.4, -0.2) is 125 Å². The topological polar surface area (TPSA) is 334 Å². The molecule has 4 atom stereocenters. The van der Waals surface area contributed by atoms with Crippen molar-refractivity contribution < 1.29 is 52.9 Å². The van der Waals surface area contributed by atoms with Gasteiger partial charge in [-0.25, -0.2) is 9.59 Å². The standard InChI is InChI=1S/C63H94N10O12S/c1-10-12-27-63(28-13-11-2,68-34-17-15-30-64)29-26-53(76)65-32-18-33-66-55(77)40(5)69-58(80)50(35-39(3)4)73-57(79)49(19-14-16-31-67-61(83)85-62(7,8)9)72-56(78)41(6)70-60(86)71-42-20-23-45(48(36-42)59(81)82)54-46-24-21-43(74)37-51(46)84-52-38-44(75)22-25-47(52)54/h20-25,36-41,49-50,68,74H,10-19,26-35,64H2,1-9H3,(H,65,76)(H,66,77)(H,67,83)(H,69,80)(H,72,78)(H,73,79)(H,81,82)(H2,70,71,86)/t40-,41-,49-,50-/m0/s1. The molecule has 2 aliphatic rings. The Kier molecular flexibility index (Phi) is 29.2. The predicted molar refractivity (Wildman–Crippen MR) is 339 cm³/mol. The Morgan fingerprint density at radius 2 is 1.31 bits per heavy atom. The van der Waals surface area contributed by atoms with Gasteiger partial charge in [-0.15, -0.1) is 0 Å². The second kappa shape index (κ2) is 35.3.